The Balaban J connectivity index is 2.05. The number of ether oxygens (including phenoxy) is 2. The zero-order valence-corrected chi connectivity index (χ0v) is 15.3. The van der Waals surface area contributed by atoms with Crippen molar-refractivity contribution in [3.8, 4) is 17.6 Å². The van der Waals surface area contributed by atoms with Crippen molar-refractivity contribution in [3.63, 3.8) is 0 Å². The molecular weight excluding hydrogens is 347 g/mol. The van der Waals surface area contributed by atoms with Gasteiger partial charge in [0.15, 0.2) is 0 Å². The van der Waals surface area contributed by atoms with Crippen molar-refractivity contribution >= 4 is 16.9 Å². The van der Waals surface area contributed by atoms with Gasteiger partial charge in [0.05, 0.1) is 18.1 Å². The van der Waals surface area contributed by atoms with Crippen molar-refractivity contribution in [2.24, 2.45) is 5.41 Å². The molecule has 5 nitrogen and oxygen atoms in total. The van der Waals surface area contributed by atoms with E-state index in [-0.39, 0.29) is 11.5 Å². The number of nitrogens with one attached hydrogen (secondary N) is 1. The minimum Gasteiger partial charge on any atom is -0.469 e. The maximum atomic E-state index is 13.6. The number of fused-ring (bicyclic) bond motifs is 1. The summed E-state index contributed by atoms with van der Waals surface area (Å²) in [5, 5.41) is 9.94. The molecule has 0 bridgehead atoms. The molecule has 0 amide bonds. The number of benzene rings is 2. The lowest BCUT2D eigenvalue weighted by molar-refractivity contribution is -0.150. The van der Waals surface area contributed by atoms with E-state index in [1.54, 1.807) is 26.0 Å². The normalized spacial score (nSPS) is 11.2. The SMILES string of the molecule is COC(=O)C(C)(C)Cc1c(Oc2ccc(F)c(C#N)c2)ccc2[nH]ccc12. The maximum absolute atomic E-state index is 13.6. The van der Waals surface area contributed by atoms with Crippen LogP contribution < -0.4 is 4.74 Å². The first-order chi connectivity index (χ1) is 12.9. The summed E-state index contributed by atoms with van der Waals surface area (Å²) in [6.45, 7) is 3.61. The molecule has 0 fully saturated rings. The van der Waals surface area contributed by atoms with Crippen LogP contribution in [0.25, 0.3) is 10.9 Å². The van der Waals surface area contributed by atoms with Crippen LogP contribution in [0.1, 0.15) is 25.0 Å². The molecule has 0 saturated heterocycles. The first kappa shape index (κ1) is 18.5. The molecule has 0 atom stereocenters. The van der Waals surface area contributed by atoms with E-state index in [9.17, 15) is 9.18 Å². The van der Waals surface area contributed by atoms with E-state index in [4.69, 9.17) is 14.7 Å². The standard InChI is InChI=1S/C21H19FN2O3/c1-21(2,20(25)26-3)11-16-15-8-9-24-18(15)6-7-19(16)27-14-4-5-17(22)13(10-14)12-23/h4-10,24H,11H2,1-3H3. The molecule has 27 heavy (non-hydrogen) atoms. The Morgan fingerprint density at radius 3 is 2.74 bits per heavy atom. The Labute approximate surface area is 156 Å². The fourth-order valence-corrected chi connectivity index (χ4v) is 3.02. The van der Waals surface area contributed by atoms with Gasteiger partial charge in [0.2, 0.25) is 0 Å². The summed E-state index contributed by atoms with van der Waals surface area (Å²) in [7, 11) is 1.36. The molecule has 0 saturated carbocycles. The first-order valence-electron chi connectivity index (χ1n) is 8.40. The molecule has 1 aromatic heterocycles. The second-order valence-electron chi connectivity index (χ2n) is 6.89. The summed E-state index contributed by atoms with van der Waals surface area (Å²) in [6, 6.07) is 11.4. The lowest BCUT2D eigenvalue weighted by Crippen LogP contribution is -2.28. The highest BCUT2D eigenvalue weighted by atomic mass is 19.1. The van der Waals surface area contributed by atoms with Crippen LogP contribution in [0.2, 0.25) is 0 Å². The Morgan fingerprint density at radius 1 is 1.26 bits per heavy atom. The zero-order chi connectivity index (χ0) is 19.6. The number of esters is 1. The maximum Gasteiger partial charge on any atom is 0.311 e. The molecule has 0 aliphatic carbocycles. The quantitative estimate of drug-likeness (QED) is 0.664. The molecular formula is C21H19FN2O3. The molecule has 1 heterocycles. The lowest BCUT2D eigenvalue weighted by atomic mass is 9.84. The summed E-state index contributed by atoms with van der Waals surface area (Å²) in [4.78, 5) is 15.3. The molecule has 1 N–H and O–H groups in total. The van der Waals surface area contributed by atoms with Gasteiger partial charge in [-0.15, -0.1) is 0 Å². The molecule has 0 radical (unpaired) electrons. The fraction of sp³-hybridized carbons (Fsp3) is 0.238. The van der Waals surface area contributed by atoms with E-state index < -0.39 is 11.2 Å². The third-order valence-electron chi connectivity index (χ3n) is 4.45. The average Bonchev–Trinajstić information content (AvgIpc) is 3.13. The van der Waals surface area contributed by atoms with Crippen molar-refractivity contribution in [1.29, 1.82) is 5.26 Å². The summed E-state index contributed by atoms with van der Waals surface area (Å²) >= 11 is 0. The highest BCUT2D eigenvalue weighted by Gasteiger charge is 2.31. The minimum atomic E-state index is -0.765. The fourth-order valence-electron chi connectivity index (χ4n) is 3.02. The number of aromatic nitrogens is 1. The number of hydrogen-bond acceptors (Lipinski definition) is 4. The highest BCUT2D eigenvalue weighted by Crippen LogP contribution is 2.36. The van der Waals surface area contributed by atoms with Gasteiger partial charge >= 0.3 is 5.97 Å². The predicted molar refractivity (Wildman–Crippen MR) is 99.0 cm³/mol. The van der Waals surface area contributed by atoms with Gasteiger partial charge < -0.3 is 14.5 Å². The number of nitriles is 1. The van der Waals surface area contributed by atoms with E-state index in [0.717, 1.165) is 16.5 Å². The largest absolute Gasteiger partial charge is 0.469 e. The van der Waals surface area contributed by atoms with Gasteiger partial charge in [-0.1, -0.05) is 0 Å². The summed E-state index contributed by atoms with van der Waals surface area (Å²) in [5.41, 5.74) is 0.882. The number of aromatic amines is 1. The summed E-state index contributed by atoms with van der Waals surface area (Å²) in [6.07, 6.45) is 2.20. The number of methoxy groups -OCH3 is 1. The molecule has 6 heteroatoms. The Morgan fingerprint density at radius 2 is 2.04 bits per heavy atom. The van der Waals surface area contributed by atoms with Crippen molar-refractivity contribution in [2.45, 2.75) is 20.3 Å². The molecule has 0 unspecified atom stereocenters. The van der Waals surface area contributed by atoms with Crippen molar-refractivity contribution < 1.29 is 18.7 Å². The van der Waals surface area contributed by atoms with Gasteiger partial charge in [0, 0.05) is 28.7 Å². The van der Waals surface area contributed by atoms with Crippen LogP contribution in [0.3, 0.4) is 0 Å². The molecule has 3 rings (SSSR count). The van der Waals surface area contributed by atoms with Crippen LogP contribution in [-0.4, -0.2) is 18.1 Å². The Kier molecular flexibility index (Phi) is 4.87. The van der Waals surface area contributed by atoms with E-state index >= 15 is 0 Å². The number of carbonyl (C=O) groups is 1. The van der Waals surface area contributed by atoms with Crippen LogP contribution in [0, 0.1) is 22.6 Å². The number of hydrogen-bond donors (Lipinski definition) is 1. The second kappa shape index (κ2) is 7.12. The average molecular weight is 366 g/mol. The number of carbonyl (C=O) groups excluding carboxylic acids is 1. The van der Waals surface area contributed by atoms with Crippen LogP contribution in [0.5, 0.6) is 11.5 Å². The number of H-pyrrole nitrogens is 1. The minimum absolute atomic E-state index is 0.0911. The highest BCUT2D eigenvalue weighted by molar-refractivity contribution is 5.86. The summed E-state index contributed by atoms with van der Waals surface area (Å²) < 4.78 is 24.4. The van der Waals surface area contributed by atoms with Crippen molar-refractivity contribution in [3.05, 3.63) is 59.5 Å². The van der Waals surface area contributed by atoms with Gasteiger partial charge in [-0.2, -0.15) is 5.26 Å². The number of rotatable bonds is 5. The van der Waals surface area contributed by atoms with E-state index in [0.29, 0.717) is 17.9 Å². The van der Waals surface area contributed by atoms with Gasteiger partial charge in [0.25, 0.3) is 0 Å². The third kappa shape index (κ3) is 3.63. The number of halogens is 1. The molecule has 3 aromatic rings. The molecule has 0 aliphatic heterocycles. The van der Waals surface area contributed by atoms with E-state index in [1.165, 1.54) is 25.3 Å². The third-order valence-corrected chi connectivity index (χ3v) is 4.45. The van der Waals surface area contributed by atoms with Crippen molar-refractivity contribution in [1.82, 2.24) is 4.98 Å². The van der Waals surface area contributed by atoms with Gasteiger partial charge in [-0.25, -0.2) is 4.39 Å². The first-order valence-corrected chi connectivity index (χ1v) is 8.40. The topological polar surface area (TPSA) is 75.1 Å². The predicted octanol–water partition coefficient (Wildman–Crippen LogP) is 4.71. The van der Waals surface area contributed by atoms with Crippen LogP contribution in [-0.2, 0) is 16.0 Å². The monoisotopic (exact) mass is 366 g/mol. The molecule has 138 valence electrons. The van der Waals surface area contributed by atoms with E-state index in [2.05, 4.69) is 4.98 Å². The Bertz CT molecular complexity index is 1050. The smallest absolute Gasteiger partial charge is 0.311 e. The second-order valence-corrected chi connectivity index (χ2v) is 6.89. The van der Waals surface area contributed by atoms with Gasteiger partial charge in [0.1, 0.15) is 23.4 Å². The lowest BCUT2D eigenvalue weighted by Gasteiger charge is -2.23. The summed E-state index contributed by atoms with van der Waals surface area (Å²) in [5.74, 6) is -0.0398. The molecule has 2 aromatic carbocycles. The van der Waals surface area contributed by atoms with Gasteiger partial charge in [-0.3, -0.25) is 4.79 Å². The Hall–Kier alpha value is -3.33. The van der Waals surface area contributed by atoms with Gasteiger partial charge in [-0.05, 0) is 50.6 Å². The molecule has 0 spiro atoms. The van der Waals surface area contributed by atoms with Crippen molar-refractivity contribution in [2.75, 3.05) is 7.11 Å². The molecule has 0 aliphatic rings. The van der Waals surface area contributed by atoms with Crippen LogP contribution in [0.15, 0.2) is 42.6 Å². The zero-order valence-electron chi connectivity index (χ0n) is 15.3. The number of nitrogens with zero attached hydrogens (tertiary/aromatic N) is 1. The van der Waals surface area contributed by atoms with Crippen LogP contribution >= 0.6 is 0 Å². The van der Waals surface area contributed by atoms with E-state index in [1.807, 2.05) is 18.3 Å². The van der Waals surface area contributed by atoms with Crippen LogP contribution in [0.4, 0.5) is 4.39 Å².